The van der Waals surface area contributed by atoms with E-state index in [9.17, 15) is 18.0 Å². The smallest absolute Gasteiger partial charge is 0.416 e. The summed E-state index contributed by atoms with van der Waals surface area (Å²) in [5.41, 5.74) is 5.62. The number of alkyl halides is 3. The van der Waals surface area contributed by atoms with Gasteiger partial charge in [0.15, 0.2) is 0 Å². The van der Waals surface area contributed by atoms with E-state index >= 15 is 0 Å². The van der Waals surface area contributed by atoms with Crippen LogP contribution in [0.5, 0.6) is 5.75 Å². The Hall–Kier alpha value is -4.31. The van der Waals surface area contributed by atoms with Gasteiger partial charge in [0.05, 0.1) is 36.6 Å². The lowest BCUT2D eigenvalue weighted by Crippen LogP contribution is -2.15. The SMILES string of the molecule is CCOC(=O)c1c(CCCOc2cccc3cc(C(F)(F)F)ccc23)c2cccc3c2n1CCCCOCc1nn(C)c(C)c1-3. The number of rotatable bonds is 7. The van der Waals surface area contributed by atoms with E-state index in [2.05, 4.69) is 16.7 Å². The van der Waals surface area contributed by atoms with Crippen LogP contribution in [0.15, 0.2) is 54.6 Å². The minimum Gasteiger partial charge on any atom is -0.493 e. The van der Waals surface area contributed by atoms with E-state index in [-0.39, 0.29) is 12.6 Å². The third kappa shape index (κ3) is 5.91. The van der Waals surface area contributed by atoms with Crippen LogP contribution in [0.3, 0.4) is 0 Å². The highest BCUT2D eigenvalue weighted by Crippen LogP contribution is 2.39. The highest BCUT2D eigenvalue weighted by atomic mass is 19.4. The first-order valence-corrected chi connectivity index (χ1v) is 15.3. The first-order valence-electron chi connectivity index (χ1n) is 15.3. The van der Waals surface area contributed by atoms with Gasteiger partial charge in [-0.05, 0) is 68.7 Å². The predicted molar refractivity (Wildman–Crippen MR) is 166 cm³/mol. The number of halogens is 3. The molecule has 0 saturated carbocycles. The first-order chi connectivity index (χ1) is 21.7. The Morgan fingerprint density at radius 3 is 2.69 bits per heavy atom. The van der Waals surface area contributed by atoms with Crippen LogP contribution in [-0.4, -0.2) is 40.1 Å². The van der Waals surface area contributed by atoms with Crippen LogP contribution in [0, 0.1) is 6.92 Å². The summed E-state index contributed by atoms with van der Waals surface area (Å²) in [6.07, 6.45) is -1.62. The number of hydrogen-bond donors (Lipinski definition) is 0. The van der Waals surface area contributed by atoms with E-state index in [0.717, 1.165) is 64.0 Å². The van der Waals surface area contributed by atoms with Gasteiger partial charge < -0.3 is 18.8 Å². The number of hydrogen-bond acceptors (Lipinski definition) is 5. The van der Waals surface area contributed by atoms with Crippen LogP contribution in [0.1, 0.15) is 59.2 Å². The molecule has 7 nitrogen and oxygen atoms in total. The molecule has 3 aromatic carbocycles. The standard InChI is InChI=1S/C35H36F3N3O4/c1-4-44-34(42)33-27(13-9-19-45-30-14-7-10-23-20-24(35(36,37)38)15-16-25(23)30)26-11-8-12-28-31-22(2)40(3)39-29(31)21-43-18-6-5-17-41(33)32(26)28/h7-8,10-12,14-16,20H,4-6,9,13,17-19,21H2,1-3H3. The fourth-order valence-corrected chi connectivity index (χ4v) is 6.35. The topological polar surface area (TPSA) is 67.5 Å². The molecule has 0 unspecified atom stereocenters. The molecule has 2 aromatic heterocycles. The molecule has 0 fully saturated rings. The number of carbonyl (C=O) groups excluding carboxylic acids is 1. The zero-order valence-corrected chi connectivity index (χ0v) is 25.7. The van der Waals surface area contributed by atoms with E-state index in [4.69, 9.17) is 19.3 Å². The fourth-order valence-electron chi connectivity index (χ4n) is 6.35. The Bertz CT molecular complexity index is 1870. The number of para-hydroxylation sites is 1. The molecule has 3 heterocycles. The largest absolute Gasteiger partial charge is 0.493 e. The number of fused-ring (bicyclic) bond motifs is 3. The van der Waals surface area contributed by atoms with Crippen LogP contribution < -0.4 is 4.74 Å². The molecular weight excluding hydrogens is 583 g/mol. The molecule has 0 N–H and O–H groups in total. The average molecular weight is 620 g/mol. The molecule has 1 aliphatic rings. The predicted octanol–water partition coefficient (Wildman–Crippen LogP) is 8.02. The van der Waals surface area contributed by atoms with E-state index in [1.165, 1.54) is 6.07 Å². The first kappa shape index (κ1) is 30.7. The van der Waals surface area contributed by atoms with Gasteiger partial charge in [-0.25, -0.2) is 4.79 Å². The van der Waals surface area contributed by atoms with Crippen LogP contribution in [0.2, 0.25) is 0 Å². The van der Waals surface area contributed by atoms with Gasteiger partial charge in [0.2, 0.25) is 0 Å². The van der Waals surface area contributed by atoms with E-state index < -0.39 is 11.7 Å². The lowest BCUT2D eigenvalue weighted by Gasteiger charge is -2.13. The van der Waals surface area contributed by atoms with Crippen LogP contribution in [0.4, 0.5) is 13.2 Å². The summed E-state index contributed by atoms with van der Waals surface area (Å²) < 4.78 is 61.4. The minimum atomic E-state index is -4.41. The second-order valence-corrected chi connectivity index (χ2v) is 11.3. The van der Waals surface area contributed by atoms with Crippen molar-refractivity contribution < 1.29 is 32.2 Å². The third-order valence-corrected chi connectivity index (χ3v) is 8.49. The van der Waals surface area contributed by atoms with Gasteiger partial charge in [0, 0.05) is 47.8 Å². The number of aryl methyl sites for hydroxylation is 3. The summed E-state index contributed by atoms with van der Waals surface area (Å²) in [6, 6.07) is 14.9. The summed E-state index contributed by atoms with van der Waals surface area (Å²) in [7, 11) is 1.92. The van der Waals surface area contributed by atoms with Crippen molar-refractivity contribution >= 4 is 27.6 Å². The Morgan fingerprint density at radius 1 is 1.07 bits per heavy atom. The molecule has 0 amide bonds. The van der Waals surface area contributed by atoms with Crippen molar-refractivity contribution in [2.45, 2.75) is 58.9 Å². The number of ether oxygens (including phenoxy) is 3. The van der Waals surface area contributed by atoms with Crippen molar-refractivity contribution in [3.05, 3.63) is 82.8 Å². The molecule has 0 atom stereocenters. The molecule has 236 valence electrons. The van der Waals surface area contributed by atoms with Gasteiger partial charge in [-0.15, -0.1) is 0 Å². The Labute approximate surface area is 259 Å². The molecule has 6 rings (SSSR count). The lowest BCUT2D eigenvalue weighted by atomic mass is 9.98. The van der Waals surface area contributed by atoms with Crippen molar-refractivity contribution in [1.82, 2.24) is 14.3 Å². The quantitative estimate of drug-likeness (QED) is 0.136. The lowest BCUT2D eigenvalue weighted by molar-refractivity contribution is -0.137. The molecule has 0 bridgehead atoms. The van der Waals surface area contributed by atoms with Crippen LogP contribution >= 0.6 is 0 Å². The molecule has 5 aromatic rings. The van der Waals surface area contributed by atoms with Crippen molar-refractivity contribution in [2.24, 2.45) is 7.05 Å². The summed E-state index contributed by atoms with van der Waals surface area (Å²) in [5, 5.41) is 6.82. The maximum atomic E-state index is 13.6. The summed E-state index contributed by atoms with van der Waals surface area (Å²) in [6.45, 7) is 6.06. The van der Waals surface area contributed by atoms with E-state index in [1.807, 2.05) is 24.7 Å². The molecule has 1 aliphatic heterocycles. The Balaban J connectivity index is 1.37. The Morgan fingerprint density at radius 2 is 1.89 bits per heavy atom. The zero-order valence-electron chi connectivity index (χ0n) is 25.7. The molecule has 0 aliphatic carbocycles. The molecule has 45 heavy (non-hydrogen) atoms. The monoisotopic (exact) mass is 619 g/mol. The molecule has 0 spiro atoms. The Kier molecular flexibility index (Phi) is 8.59. The number of aromatic nitrogens is 3. The summed E-state index contributed by atoms with van der Waals surface area (Å²) in [5.74, 6) is 0.159. The van der Waals surface area contributed by atoms with Crippen molar-refractivity contribution in [3.8, 4) is 16.9 Å². The summed E-state index contributed by atoms with van der Waals surface area (Å²) in [4.78, 5) is 13.6. The normalized spacial score (nSPS) is 13.9. The van der Waals surface area contributed by atoms with Crippen molar-refractivity contribution in [3.63, 3.8) is 0 Å². The molecular formula is C35H36F3N3O4. The van der Waals surface area contributed by atoms with Gasteiger partial charge in [0.25, 0.3) is 0 Å². The second-order valence-electron chi connectivity index (χ2n) is 11.3. The number of esters is 1. The number of nitrogens with zero attached hydrogens (tertiary/aromatic N) is 3. The van der Waals surface area contributed by atoms with Gasteiger partial charge in [-0.3, -0.25) is 4.68 Å². The highest BCUT2D eigenvalue weighted by molar-refractivity contribution is 6.05. The minimum absolute atomic E-state index is 0.257. The fraction of sp³-hybridized carbons (Fsp3) is 0.371. The number of benzene rings is 3. The summed E-state index contributed by atoms with van der Waals surface area (Å²) >= 11 is 0. The molecule has 10 heteroatoms. The van der Waals surface area contributed by atoms with Gasteiger partial charge >= 0.3 is 12.1 Å². The maximum absolute atomic E-state index is 13.6. The highest BCUT2D eigenvalue weighted by Gasteiger charge is 2.31. The van der Waals surface area contributed by atoms with Gasteiger partial charge in [-0.2, -0.15) is 18.3 Å². The zero-order chi connectivity index (χ0) is 31.7. The van der Waals surface area contributed by atoms with Gasteiger partial charge in [-0.1, -0.05) is 36.4 Å². The van der Waals surface area contributed by atoms with Crippen LogP contribution in [-0.2, 0) is 42.3 Å². The van der Waals surface area contributed by atoms with E-state index in [1.54, 1.807) is 25.1 Å². The average Bonchev–Trinajstić information content (AvgIpc) is 3.47. The third-order valence-electron chi connectivity index (χ3n) is 8.49. The maximum Gasteiger partial charge on any atom is 0.416 e. The molecule has 0 saturated heterocycles. The second kappa shape index (κ2) is 12.6. The molecule has 0 radical (unpaired) electrons. The van der Waals surface area contributed by atoms with Crippen molar-refractivity contribution in [2.75, 3.05) is 19.8 Å². The van der Waals surface area contributed by atoms with Gasteiger partial charge in [0.1, 0.15) is 11.4 Å². The van der Waals surface area contributed by atoms with Crippen LogP contribution in [0.25, 0.3) is 32.8 Å². The number of carbonyl (C=O) groups is 1. The van der Waals surface area contributed by atoms with Crippen molar-refractivity contribution in [1.29, 1.82) is 0 Å². The van der Waals surface area contributed by atoms with E-state index in [0.29, 0.717) is 61.4 Å².